The molecule has 0 bridgehead atoms. The van der Waals surface area contributed by atoms with Crippen LogP contribution in [-0.4, -0.2) is 73.8 Å². The van der Waals surface area contributed by atoms with Gasteiger partial charge in [-0.15, -0.1) is 0 Å². The molecule has 1 aromatic carbocycles. The van der Waals surface area contributed by atoms with Gasteiger partial charge < -0.3 is 25.7 Å². The molecule has 0 aliphatic carbocycles. The molecule has 0 unspecified atom stereocenters. The second-order valence-electron chi connectivity index (χ2n) is 12.5. The average molecular weight is 633 g/mol. The summed E-state index contributed by atoms with van der Waals surface area (Å²) < 4.78 is 5.71. The zero-order valence-electron chi connectivity index (χ0n) is 29.1. The highest BCUT2D eigenvalue weighted by Gasteiger charge is 2.24. The first-order valence-electron chi connectivity index (χ1n) is 16.8. The zero-order chi connectivity index (χ0) is 33.6. The number of nitrogens with zero attached hydrogens (tertiary/aromatic N) is 3. The maximum Gasteiger partial charge on any atom is 0.251 e. The van der Waals surface area contributed by atoms with Crippen LogP contribution < -0.4 is 21.5 Å². The van der Waals surface area contributed by atoms with E-state index >= 15 is 0 Å². The zero-order valence-corrected chi connectivity index (χ0v) is 29.1. The summed E-state index contributed by atoms with van der Waals surface area (Å²) in [6.07, 6.45) is 6.06. The fourth-order valence-corrected chi connectivity index (χ4v) is 6.40. The molecule has 46 heavy (non-hydrogen) atoms. The van der Waals surface area contributed by atoms with Gasteiger partial charge in [0.05, 0.1) is 5.69 Å². The molecule has 1 aliphatic rings. The lowest BCUT2D eigenvalue weighted by Gasteiger charge is -2.37. The van der Waals surface area contributed by atoms with E-state index in [1.165, 1.54) is 16.8 Å². The summed E-state index contributed by atoms with van der Waals surface area (Å²) >= 11 is 0. The Bertz CT molecular complexity index is 1430. The van der Waals surface area contributed by atoms with Crippen molar-refractivity contribution in [2.24, 2.45) is 5.73 Å². The molecule has 2 aromatic heterocycles. The van der Waals surface area contributed by atoms with Gasteiger partial charge in [-0.25, -0.2) is 0 Å². The number of nitrogens with one attached hydrogen (secondary N) is 2. The van der Waals surface area contributed by atoms with Crippen molar-refractivity contribution in [1.82, 2.24) is 20.2 Å². The van der Waals surface area contributed by atoms with Crippen LogP contribution in [-0.2, 0) is 22.5 Å². The maximum absolute atomic E-state index is 13.3. The molecule has 1 aliphatic heterocycles. The molecule has 1 fully saturated rings. The van der Waals surface area contributed by atoms with E-state index in [1.807, 2.05) is 20.2 Å². The van der Waals surface area contributed by atoms with Gasteiger partial charge in [0.2, 0.25) is 6.41 Å². The van der Waals surface area contributed by atoms with Gasteiger partial charge in [0.25, 0.3) is 5.56 Å². The molecule has 0 atom stereocenters. The van der Waals surface area contributed by atoms with Gasteiger partial charge in [-0.1, -0.05) is 32.9 Å². The first-order valence-corrected chi connectivity index (χ1v) is 16.8. The summed E-state index contributed by atoms with van der Waals surface area (Å²) in [4.78, 5) is 34.9. The number of carbonyl (C=O) groups excluding carboxylic acids is 1. The molecule has 9 nitrogen and oxygen atoms in total. The van der Waals surface area contributed by atoms with Gasteiger partial charge in [0.15, 0.2) is 0 Å². The van der Waals surface area contributed by atoms with Crippen molar-refractivity contribution < 1.29 is 9.53 Å². The number of primary amides is 1. The van der Waals surface area contributed by atoms with Crippen molar-refractivity contribution in [2.75, 3.05) is 51.3 Å². The lowest BCUT2D eigenvalue weighted by Crippen LogP contribution is -2.40. The van der Waals surface area contributed by atoms with Crippen molar-refractivity contribution in [3.05, 3.63) is 80.5 Å². The third-order valence-electron chi connectivity index (χ3n) is 8.96. The highest BCUT2D eigenvalue weighted by Crippen LogP contribution is 2.35. The number of aromatic nitrogens is 2. The number of hydrogen-bond donors (Lipinski definition) is 3. The van der Waals surface area contributed by atoms with Gasteiger partial charge in [0, 0.05) is 67.5 Å². The van der Waals surface area contributed by atoms with Crippen LogP contribution in [0, 0.1) is 13.8 Å². The molecule has 1 saturated heterocycles. The van der Waals surface area contributed by atoms with Crippen LogP contribution in [0.15, 0.2) is 41.3 Å². The number of carbonyl (C=O) groups is 1. The number of rotatable bonds is 14. The molecule has 4 rings (SSSR count). The first-order chi connectivity index (χ1) is 22.2. The molecule has 4 N–H and O–H groups in total. The molecule has 3 aromatic rings. The average Bonchev–Trinajstić information content (AvgIpc) is 3.04. The van der Waals surface area contributed by atoms with E-state index in [0.29, 0.717) is 12.5 Å². The molecule has 252 valence electrons. The van der Waals surface area contributed by atoms with Crippen molar-refractivity contribution >= 4 is 12.1 Å². The standard InChI is InChI=1S/C36H53N5O2.CH3NO/c1-8-40(16-10-15-37-7)24-31-12-11-28(23-38-31)30-20-29(21-34-33(25(3)4)19-26(5)39-36(34)42)27(6)35(22-30)41(9-2)32-13-17-43-18-14-32;2-1-3/h11-12,19-20,22-23,25,32,37H,8-10,13-18,21,24H2,1-7H3,(H,39,42);1H,(H2,2,3). The topological polar surface area (TPSA) is 117 Å². The van der Waals surface area contributed by atoms with Gasteiger partial charge in [-0.05, 0) is 113 Å². The molecule has 3 heterocycles. The van der Waals surface area contributed by atoms with E-state index in [0.717, 1.165) is 98.8 Å². The number of ether oxygens (including phenoxy) is 1. The highest BCUT2D eigenvalue weighted by atomic mass is 16.5. The van der Waals surface area contributed by atoms with Crippen molar-refractivity contribution in [2.45, 2.75) is 85.7 Å². The van der Waals surface area contributed by atoms with Crippen LogP contribution in [0.2, 0.25) is 0 Å². The maximum atomic E-state index is 13.3. The number of aromatic amines is 1. The lowest BCUT2D eigenvalue weighted by molar-refractivity contribution is -0.106. The Labute approximate surface area is 275 Å². The summed E-state index contributed by atoms with van der Waals surface area (Å²) in [7, 11) is 2.00. The molecule has 1 amide bonds. The highest BCUT2D eigenvalue weighted by molar-refractivity contribution is 5.73. The monoisotopic (exact) mass is 632 g/mol. The quantitative estimate of drug-likeness (QED) is 0.163. The minimum atomic E-state index is 0.0213. The lowest BCUT2D eigenvalue weighted by atomic mass is 9.89. The number of pyridine rings is 2. The van der Waals surface area contributed by atoms with E-state index in [4.69, 9.17) is 14.5 Å². The molecule has 9 heteroatoms. The summed E-state index contributed by atoms with van der Waals surface area (Å²) in [5.41, 5.74) is 14.1. The van der Waals surface area contributed by atoms with E-state index in [2.05, 4.69) is 90.8 Å². The van der Waals surface area contributed by atoms with Crippen molar-refractivity contribution in [1.29, 1.82) is 0 Å². The SMILES string of the molecule is CCN(CCCNC)Cc1ccc(-c2cc(Cc3c(C(C)C)cc(C)[nH]c3=O)c(C)c(N(CC)C3CCOCC3)c2)cn1.NC=O. The third kappa shape index (κ3) is 9.98. The number of benzene rings is 1. The summed E-state index contributed by atoms with van der Waals surface area (Å²) in [6, 6.07) is 11.6. The fraction of sp³-hybridized carbons (Fsp3) is 0.541. The minimum Gasteiger partial charge on any atom is -0.381 e. The Hall–Kier alpha value is -3.53. The second-order valence-corrected chi connectivity index (χ2v) is 12.5. The normalized spacial score (nSPS) is 13.5. The van der Waals surface area contributed by atoms with Gasteiger partial charge >= 0.3 is 0 Å². The number of nitrogens with two attached hydrogens (primary N) is 1. The second kappa shape index (κ2) is 18.6. The van der Waals surface area contributed by atoms with Gasteiger partial charge in [-0.2, -0.15) is 0 Å². The van der Waals surface area contributed by atoms with Crippen LogP contribution in [0.4, 0.5) is 5.69 Å². The molecule has 0 saturated carbocycles. The van der Waals surface area contributed by atoms with Crippen molar-refractivity contribution in [3.63, 3.8) is 0 Å². The molecule has 0 radical (unpaired) electrons. The Morgan fingerprint density at radius 3 is 2.41 bits per heavy atom. The number of amides is 1. The Morgan fingerprint density at radius 2 is 1.83 bits per heavy atom. The van der Waals surface area contributed by atoms with Crippen LogP contribution in [0.5, 0.6) is 0 Å². The fourth-order valence-electron chi connectivity index (χ4n) is 6.40. The number of anilines is 1. The van der Waals surface area contributed by atoms with Crippen LogP contribution >= 0.6 is 0 Å². The van der Waals surface area contributed by atoms with Crippen LogP contribution in [0.1, 0.15) is 86.5 Å². The predicted molar refractivity (Wildman–Crippen MR) is 190 cm³/mol. The van der Waals surface area contributed by atoms with Gasteiger partial charge in [0.1, 0.15) is 0 Å². The molecule has 0 spiro atoms. The van der Waals surface area contributed by atoms with E-state index in [-0.39, 0.29) is 17.9 Å². The Morgan fingerprint density at radius 1 is 1.11 bits per heavy atom. The van der Waals surface area contributed by atoms with Crippen LogP contribution in [0.3, 0.4) is 0 Å². The minimum absolute atomic E-state index is 0.0213. The molecular formula is C37H56N6O3. The number of aryl methyl sites for hydroxylation is 1. The van der Waals surface area contributed by atoms with Crippen molar-refractivity contribution in [3.8, 4) is 11.1 Å². The smallest absolute Gasteiger partial charge is 0.251 e. The largest absolute Gasteiger partial charge is 0.381 e. The third-order valence-corrected chi connectivity index (χ3v) is 8.96. The number of hydrogen-bond acceptors (Lipinski definition) is 7. The Kier molecular flexibility index (Phi) is 14.9. The first kappa shape index (κ1) is 36.9. The van der Waals surface area contributed by atoms with E-state index in [9.17, 15) is 4.79 Å². The van der Waals surface area contributed by atoms with E-state index in [1.54, 1.807) is 0 Å². The molecular weight excluding hydrogens is 576 g/mol. The summed E-state index contributed by atoms with van der Waals surface area (Å²) in [6.45, 7) is 19.5. The Balaban J connectivity index is 0.00000185. The predicted octanol–water partition coefficient (Wildman–Crippen LogP) is 5.31. The summed E-state index contributed by atoms with van der Waals surface area (Å²) in [5.74, 6) is 0.269. The number of H-pyrrole nitrogens is 1. The van der Waals surface area contributed by atoms with Crippen LogP contribution in [0.25, 0.3) is 11.1 Å². The van der Waals surface area contributed by atoms with Gasteiger partial charge in [-0.3, -0.25) is 19.5 Å². The van der Waals surface area contributed by atoms with E-state index < -0.39 is 0 Å². The summed E-state index contributed by atoms with van der Waals surface area (Å²) in [5, 5.41) is 3.24.